The molecule has 0 aliphatic carbocycles. The van der Waals surface area contributed by atoms with Crippen LogP contribution >= 0.6 is 15.9 Å². The van der Waals surface area contributed by atoms with E-state index in [1.165, 1.54) is 5.56 Å². The van der Waals surface area contributed by atoms with Gasteiger partial charge >= 0.3 is 0 Å². The summed E-state index contributed by atoms with van der Waals surface area (Å²) in [5.74, 6) is 0.206. The summed E-state index contributed by atoms with van der Waals surface area (Å²) < 4.78 is 6.81. The van der Waals surface area contributed by atoms with E-state index in [2.05, 4.69) is 55.0 Å². The Morgan fingerprint density at radius 3 is 2.33 bits per heavy atom. The maximum atomic E-state index is 13.8. The fraction of sp³-hybridized carbons (Fsp3) is 0.394. The highest BCUT2D eigenvalue weighted by atomic mass is 79.9. The van der Waals surface area contributed by atoms with Crippen molar-refractivity contribution in [1.82, 2.24) is 10.2 Å². The lowest BCUT2D eigenvalue weighted by Gasteiger charge is -2.31. The molecule has 0 unspecified atom stereocenters. The molecule has 5 nitrogen and oxygen atoms in total. The van der Waals surface area contributed by atoms with Crippen LogP contribution in [0.15, 0.2) is 77.3 Å². The number of carbonyl (C=O) groups excluding carboxylic acids is 2. The van der Waals surface area contributed by atoms with Crippen LogP contribution in [-0.2, 0) is 28.0 Å². The zero-order valence-corrected chi connectivity index (χ0v) is 25.4. The summed E-state index contributed by atoms with van der Waals surface area (Å²) in [5, 5.41) is 3.06. The third-order valence-corrected chi connectivity index (χ3v) is 7.30. The molecule has 2 amide bonds. The molecular weight excluding hydrogens is 552 g/mol. The van der Waals surface area contributed by atoms with Gasteiger partial charge in [-0.1, -0.05) is 100 Å². The number of unbranched alkanes of at least 4 members (excludes halogenated alkanes) is 1. The van der Waals surface area contributed by atoms with Gasteiger partial charge in [0, 0.05) is 19.5 Å². The Labute approximate surface area is 242 Å². The zero-order valence-electron chi connectivity index (χ0n) is 23.8. The lowest BCUT2D eigenvalue weighted by atomic mass is 9.87. The molecule has 39 heavy (non-hydrogen) atoms. The van der Waals surface area contributed by atoms with E-state index in [1.807, 2.05) is 73.7 Å². The van der Waals surface area contributed by atoms with Crippen molar-refractivity contribution in [3.8, 4) is 5.75 Å². The van der Waals surface area contributed by atoms with Crippen molar-refractivity contribution >= 4 is 27.7 Å². The van der Waals surface area contributed by atoms with Crippen molar-refractivity contribution in [1.29, 1.82) is 0 Å². The van der Waals surface area contributed by atoms with Gasteiger partial charge in [-0.05, 0) is 63.5 Å². The Morgan fingerprint density at radius 2 is 1.69 bits per heavy atom. The first-order chi connectivity index (χ1) is 18.6. The lowest BCUT2D eigenvalue weighted by Crippen LogP contribution is -2.51. The average molecular weight is 594 g/mol. The van der Waals surface area contributed by atoms with Gasteiger partial charge in [0.25, 0.3) is 5.91 Å². The summed E-state index contributed by atoms with van der Waals surface area (Å²) in [6, 6.07) is 23.2. The Balaban J connectivity index is 1.89. The quantitative estimate of drug-likeness (QED) is 0.230. The van der Waals surface area contributed by atoms with E-state index in [-0.39, 0.29) is 23.8 Å². The predicted molar refractivity (Wildman–Crippen MR) is 162 cm³/mol. The maximum Gasteiger partial charge on any atom is 0.261 e. The molecule has 0 radical (unpaired) electrons. The van der Waals surface area contributed by atoms with Crippen molar-refractivity contribution in [2.75, 3.05) is 13.2 Å². The van der Waals surface area contributed by atoms with E-state index in [4.69, 9.17) is 4.74 Å². The van der Waals surface area contributed by atoms with Crippen molar-refractivity contribution in [3.63, 3.8) is 0 Å². The second kappa shape index (κ2) is 14.3. The molecule has 0 aliphatic heterocycles. The van der Waals surface area contributed by atoms with Crippen LogP contribution in [0.2, 0.25) is 0 Å². The number of halogens is 1. The van der Waals surface area contributed by atoms with E-state index >= 15 is 0 Å². The summed E-state index contributed by atoms with van der Waals surface area (Å²) in [6.07, 6.45) is 2.28. The van der Waals surface area contributed by atoms with Crippen molar-refractivity contribution < 1.29 is 14.3 Å². The molecule has 0 saturated carbocycles. The molecule has 3 rings (SSSR count). The molecule has 3 aromatic rings. The summed E-state index contributed by atoms with van der Waals surface area (Å²) in [4.78, 5) is 29.0. The number of benzene rings is 3. The minimum atomic E-state index is -0.674. The lowest BCUT2D eigenvalue weighted by molar-refractivity contribution is -0.142. The fourth-order valence-corrected chi connectivity index (χ4v) is 4.87. The Morgan fingerprint density at radius 1 is 0.974 bits per heavy atom. The highest BCUT2D eigenvalue weighted by Gasteiger charge is 2.30. The molecule has 1 atom stereocenters. The SMILES string of the molecule is CCCCNC(=O)[C@@H](Cc1ccccc1)N(Cc1cccc(C)c1)C(=O)COc1ccc(C(C)(C)C)cc1Br. The van der Waals surface area contributed by atoms with Crippen molar-refractivity contribution in [3.05, 3.63) is 99.5 Å². The second-order valence-electron chi connectivity index (χ2n) is 11.0. The monoisotopic (exact) mass is 592 g/mol. The number of hydrogen-bond donors (Lipinski definition) is 1. The van der Waals surface area contributed by atoms with Crippen LogP contribution in [0.4, 0.5) is 0 Å². The number of nitrogens with one attached hydrogen (secondary N) is 1. The Hall–Kier alpha value is -3.12. The van der Waals surface area contributed by atoms with Gasteiger partial charge in [0.05, 0.1) is 4.47 Å². The first-order valence-electron chi connectivity index (χ1n) is 13.7. The molecular formula is C33H41BrN2O3. The van der Waals surface area contributed by atoms with Crippen molar-refractivity contribution in [2.45, 2.75) is 71.9 Å². The van der Waals surface area contributed by atoms with E-state index in [1.54, 1.807) is 4.90 Å². The largest absolute Gasteiger partial charge is 0.483 e. The van der Waals surface area contributed by atoms with E-state index in [9.17, 15) is 9.59 Å². The molecule has 0 aliphatic rings. The highest BCUT2D eigenvalue weighted by Crippen LogP contribution is 2.31. The summed E-state index contributed by atoms with van der Waals surface area (Å²) in [7, 11) is 0. The number of hydrogen-bond acceptors (Lipinski definition) is 3. The molecule has 3 aromatic carbocycles. The van der Waals surface area contributed by atoms with Crippen LogP contribution in [0.25, 0.3) is 0 Å². The second-order valence-corrected chi connectivity index (χ2v) is 11.9. The maximum absolute atomic E-state index is 13.8. The van der Waals surface area contributed by atoms with Gasteiger partial charge in [-0.3, -0.25) is 9.59 Å². The third-order valence-electron chi connectivity index (χ3n) is 6.69. The van der Waals surface area contributed by atoms with Crippen molar-refractivity contribution in [2.24, 2.45) is 0 Å². The van der Waals surface area contributed by atoms with Gasteiger partial charge in [0.15, 0.2) is 6.61 Å². The molecule has 0 fully saturated rings. The number of nitrogens with zero attached hydrogens (tertiary/aromatic N) is 1. The topological polar surface area (TPSA) is 58.6 Å². The van der Waals surface area contributed by atoms with Crippen LogP contribution in [0, 0.1) is 6.92 Å². The van der Waals surface area contributed by atoms with E-state index < -0.39 is 6.04 Å². The fourth-order valence-electron chi connectivity index (χ4n) is 4.37. The van der Waals surface area contributed by atoms with Crippen LogP contribution in [-0.4, -0.2) is 35.9 Å². The number of carbonyl (C=O) groups is 2. The third kappa shape index (κ3) is 9.24. The standard InChI is InChI=1S/C33H41BrN2O3/c1-6-7-18-35-32(38)29(20-25-13-9-8-10-14-25)36(22-26-15-11-12-24(2)19-26)31(37)23-39-30-17-16-27(21-28(30)34)33(3,4)5/h8-17,19,21,29H,6-7,18,20,22-23H2,1-5H3,(H,35,38)/t29-/m1/s1. The number of rotatable bonds is 12. The van der Waals surface area contributed by atoms with E-state index in [0.29, 0.717) is 25.3 Å². The summed E-state index contributed by atoms with van der Waals surface area (Å²) in [5.41, 5.74) is 4.24. The molecule has 0 heterocycles. The molecule has 1 N–H and O–H groups in total. The normalized spacial score (nSPS) is 12.1. The van der Waals surface area contributed by atoms with E-state index in [0.717, 1.165) is 34.0 Å². The Bertz CT molecular complexity index is 1240. The predicted octanol–water partition coefficient (Wildman–Crippen LogP) is 6.99. The molecule has 0 bridgehead atoms. The first-order valence-corrected chi connectivity index (χ1v) is 14.5. The minimum Gasteiger partial charge on any atom is -0.483 e. The van der Waals surface area contributed by atoms with Gasteiger partial charge < -0.3 is 15.0 Å². The highest BCUT2D eigenvalue weighted by molar-refractivity contribution is 9.10. The van der Waals surface area contributed by atoms with Gasteiger partial charge in [-0.25, -0.2) is 0 Å². The van der Waals surface area contributed by atoms with Gasteiger partial charge in [0.2, 0.25) is 5.91 Å². The molecule has 0 aromatic heterocycles. The smallest absolute Gasteiger partial charge is 0.261 e. The summed E-state index contributed by atoms with van der Waals surface area (Å²) in [6.45, 7) is 11.3. The molecule has 0 spiro atoms. The van der Waals surface area contributed by atoms with Crippen LogP contribution in [0.3, 0.4) is 0 Å². The van der Waals surface area contributed by atoms with Crippen LogP contribution in [0.1, 0.15) is 62.8 Å². The summed E-state index contributed by atoms with van der Waals surface area (Å²) >= 11 is 3.61. The number of aryl methyl sites for hydroxylation is 1. The Kier molecular flexibility index (Phi) is 11.2. The number of amides is 2. The zero-order chi connectivity index (χ0) is 28.4. The van der Waals surface area contributed by atoms with Crippen LogP contribution in [0.5, 0.6) is 5.75 Å². The number of ether oxygens (including phenoxy) is 1. The van der Waals surface area contributed by atoms with Gasteiger partial charge in [-0.2, -0.15) is 0 Å². The first kappa shape index (κ1) is 30.4. The minimum absolute atomic E-state index is 0.00270. The molecule has 208 valence electrons. The van der Waals surface area contributed by atoms with Gasteiger partial charge in [-0.15, -0.1) is 0 Å². The molecule has 0 saturated heterocycles. The van der Waals surface area contributed by atoms with Gasteiger partial charge in [0.1, 0.15) is 11.8 Å². The molecule has 6 heteroatoms. The average Bonchev–Trinajstić information content (AvgIpc) is 2.90. The van der Waals surface area contributed by atoms with Crippen LogP contribution < -0.4 is 10.1 Å².